The molecule has 0 N–H and O–H groups in total. The molecule has 1 aromatic carbocycles. The van der Waals surface area contributed by atoms with Crippen molar-refractivity contribution in [3.63, 3.8) is 0 Å². The van der Waals surface area contributed by atoms with Gasteiger partial charge >= 0.3 is 0 Å². The van der Waals surface area contributed by atoms with Crippen molar-refractivity contribution in [2.75, 3.05) is 39.5 Å². The van der Waals surface area contributed by atoms with Gasteiger partial charge in [-0.2, -0.15) is 0 Å². The lowest BCUT2D eigenvalue weighted by Crippen LogP contribution is -2.47. The molecule has 0 aromatic heterocycles. The molecule has 0 unspecified atom stereocenters. The van der Waals surface area contributed by atoms with E-state index in [2.05, 4.69) is 4.90 Å². The first-order chi connectivity index (χ1) is 9.29. The van der Waals surface area contributed by atoms with Gasteiger partial charge in [0.05, 0.1) is 9.92 Å². The van der Waals surface area contributed by atoms with Crippen LogP contribution in [0.15, 0.2) is 23.1 Å². The van der Waals surface area contributed by atoms with Crippen LogP contribution >= 0.6 is 11.6 Å². The Morgan fingerprint density at radius 1 is 1.20 bits per heavy atom. The van der Waals surface area contributed by atoms with Crippen LogP contribution in [0.25, 0.3) is 0 Å². The maximum Gasteiger partial charge on any atom is 0.253 e. The Kier molecular flexibility index (Phi) is 4.36. The first-order valence-electron chi connectivity index (χ1n) is 6.26. The summed E-state index contributed by atoms with van der Waals surface area (Å²) in [5.74, 6) is -0.153. The highest BCUT2D eigenvalue weighted by Crippen LogP contribution is 2.23. The number of rotatable bonds is 2. The van der Waals surface area contributed by atoms with E-state index in [1.807, 2.05) is 7.05 Å². The second kappa shape index (κ2) is 5.71. The van der Waals surface area contributed by atoms with E-state index in [9.17, 15) is 13.2 Å². The molecule has 20 heavy (non-hydrogen) atoms. The van der Waals surface area contributed by atoms with Crippen LogP contribution in [0.4, 0.5) is 0 Å². The topological polar surface area (TPSA) is 57.7 Å². The highest BCUT2D eigenvalue weighted by Gasteiger charge is 2.22. The molecule has 1 aromatic rings. The summed E-state index contributed by atoms with van der Waals surface area (Å²) in [7, 11) is -1.43. The standard InChI is InChI=1S/C13H17ClN2O3S/c1-15-5-7-16(8-6-15)13(17)10-3-4-11(14)12(9-10)20(2,18)19/h3-4,9H,5-8H2,1-2H3. The minimum Gasteiger partial charge on any atom is -0.336 e. The molecule has 2 rings (SSSR count). The molecule has 0 saturated carbocycles. The molecule has 1 aliphatic rings. The van der Waals surface area contributed by atoms with E-state index in [0.29, 0.717) is 18.7 Å². The van der Waals surface area contributed by atoms with E-state index < -0.39 is 9.84 Å². The molecule has 7 heteroatoms. The van der Waals surface area contributed by atoms with Crippen molar-refractivity contribution in [2.24, 2.45) is 0 Å². The van der Waals surface area contributed by atoms with Crippen LogP contribution < -0.4 is 0 Å². The third-order valence-electron chi connectivity index (χ3n) is 3.37. The Morgan fingerprint density at radius 3 is 2.35 bits per heavy atom. The fourth-order valence-electron chi connectivity index (χ4n) is 2.11. The summed E-state index contributed by atoms with van der Waals surface area (Å²) in [4.78, 5) is 16.2. The van der Waals surface area contributed by atoms with Gasteiger partial charge in [0.15, 0.2) is 9.84 Å². The maximum absolute atomic E-state index is 12.4. The highest BCUT2D eigenvalue weighted by atomic mass is 35.5. The number of nitrogens with zero attached hydrogens (tertiary/aromatic N) is 2. The van der Waals surface area contributed by atoms with E-state index in [1.54, 1.807) is 11.0 Å². The van der Waals surface area contributed by atoms with Crippen LogP contribution in [0, 0.1) is 0 Å². The maximum atomic E-state index is 12.4. The number of halogens is 1. The number of likely N-dealkylation sites (N-methyl/N-ethyl adjacent to an activating group) is 1. The first kappa shape index (κ1) is 15.3. The first-order valence-corrected chi connectivity index (χ1v) is 8.53. The third-order valence-corrected chi connectivity index (χ3v) is 4.95. The average Bonchev–Trinajstić information content (AvgIpc) is 2.38. The normalized spacial score (nSPS) is 17.2. The lowest BCUT2D eigenvalue weighted by molar-refractivity contribution is 0.0664. The number of benzene rings is 1. The van der Waals surface area contributed by atoms with Crippen molar-refractivity contribution in [2.45, 2.75) is 4.90 Å². The van der Waals surface area contributed by atoms with Crippen LogP contribution in [0.1, 0.15) is 10.4 Å². The predicted octanol–water partition coefficient (Wildman–Crippen LogP) is 1.13. The Balaban J connectivity index is 2.27. The van der Waals surface area contributed by atoms with E-state index >= 15 is 0 Å². The minimum atomic E-state index is -3.44. The number of carbonyl (C=O) groups excluding carboxylic acids is 1. The predicted molar refractivity (Wildman–Crippen MR) is 78.0 cm³/mol. The van der Waals surface area contributed by atoms with Crippen molar-refractivity contribution < 1.29 is 13.2 Å². The van der Waals surface area contributed by atoms with E-state index in [4.69, 9.17) is 11.6 Å². The minimum absolute atomic E-state index is 0.000792. The number of hydrogen-bond donors (Lipinski definition) is 0. The second-order valence-corrected chi connectivity index (χ2v) is 7.40. The Morgan fingerprint density at radius 2 is 1.80 bits per heavy atom. The summed E-state index contributed by atoms with van der Waals surface area (Å²) in [6, 6.07) is 4.39. The SMILES string of the molecule is CN1CCN(C(=O)c2ccc(Cl)c(S(C)(=O)=O)c2)CC1. The van der Waals surface area contributed by atoms with Gasteiger partial charge in [0.25, 0.3) is 5.91 Å². The average molecular weight is 317 g/mol. The van der Waals surface area contributed by atoms with Crippen molar-refractivity contribution >= 4 is 27.3 Å². The van der Waals surface area contributed by atoms with Crippen LogP contribution in [0.5, 0.6) is 0 Å². The van der Waals surface area contributed by atoms with Gasteiger partial charge in [0.1, 0.15) is 0 Å². The van der Waals surface area contributed by atoms with Crippen molar-refractivity contribution in [3.8, 4) is 0 Å². The zero-order valence-corrected chi connectivity index (χ0v) is 13.0. The molecule has 1 saturated heterocycles. The zero-order chi connectivity index (χ0) is 14.9. The summed E-state index contributed by atoms with van der Waals surface area (Å²) >= 11 is 5.88. The molecule has 110 valence electrons. The summed E-state index contributed by atoms with van der Waals surface area (Å²) in [5, 5.41) is 0.141. The Bertz CT molecular complexity index is 623. The molecule has 1 amide bonds. The molecule has 1 aliphatic heterocycles. The lowest BCUT2D eigenvalue weighted by atomic mass is 10.2. The summed E-state index contributed by atoms with van der Waals surface area (Å²) in [6.07, 6.45) is 1.08. The van der Waals surface area contributed by atoms with Crippen LogP contribution in [-0.2, 0) is 9.84 Å². The largest absolute Gasteiger partial charge is 0.336 e. The fraction of sp³-hybridized carbons (Fsp3) is 0.462. The van der Waals surface area contributed by atoms with Gasteiger partial charge in [0.2, 0.25) is 0 Å². The van der Waals surface area contributed by atoms with Gasteiger partial charge in [-0.1, -0.05) is 11.6 Å². The molecular weight excluding hydrogens is 300 g/mol. The Labute approximate surface area is 124 Å². The molecule has 0 bridgehead atoms. The fourth-order valence-corrected chi connectivity index (χ4v) is 3.41. The van der Waals surface area contributed by atoms with Gasteiger partial charge in [-0.05, 0) is 25.2 Å². The number of amides is 1. The van der Waals surface area contributed by atoms with E-state index in [1.165, 1.54) is 12.1 Å². The van der Waals surface area contributed by atoms with Gasteiger partial charge in [-0.25, -0.2) is 8.42 Å². The lowest BCUT2D eigenvalue weighted by Gasteiger charge is -2.32. The number of carbonyl (C=O) groups is 1. The molecular formula is C13H17ClN2O3S. The van der Waals surface area contributed by atoms with Gasteiger partial charge in [-0.3, -0.25) is 4.79 Å². The van der Waals surface area contributed by atoms with Crippen molar-refractivity contribution in [1.29, 1.82) is 0 Å². The van der Waals surface area contributed by atoms with Crippen molar-refractivity contribution in [1.82, 2.24) is 9.80 Å². The summed E-state index contributed by atoms with van der Waals surface area (Å²) in [6.45, 7) is 2.93. The quantitative estimate of drug-likeness (QED) is 0.821. The van der Waals surface area contributed by atoms with Gasteiger partial charge in [0, 0.05) is 38.0 Å². The van der Waals surface area contributed by atoms with Crippen LogP contribution in [-0.4, -0.2) is 63.6 Å². The van der Waals surface area contributed by atoms with E-state index in [0.717, 1.165) is 19.3 Å². The van der Waals surface area contributed by atoms with Gasteiger partial charge in [-0.15, -0.1) is 0 Å². The molecule has 0 spiro atoms. The number of hydrogen-bond acceptors (Lipinski definition) is 4. The Hall–Kier alpha value is -1.11. The monoisotopic (exact) mass is 316 g/mol. The number of piperazine rings is 1. The second-order valence-electron chi connectivity index (χ2n) is 5.01. The summed E-state index contributed by atoms with van der Waals surface area (Å²) < 4.78 is 23.3. The van der Waals surface area contributed by atoms with Gasteiger partial charge < -0.3 is 9.80 Å². The molecule has 1 heterocycles. The number of sulfone groups is 1. The smallest absolute Gasteiger partial charge is 0.253 e. The molecule has 0 atom stereocenters. The van der Waals surface area contributed by atoms with E-state index in [-0.39, 0.29) is 15.8 Å². The summed E-state index contributed by atoms with van der Waals surface area (Å²) in [5.41, 5.74) is 0.361. The zero-order valence-electron chi connectivity index (χ0n) is 11.5. The molecule has 1 fully saturated rings. The molecule has 5 nitrogen and oxygen atoms in total. The molecule has 0 radical (unpaired) electrons. The van der Waals surface area contributed by atoms with Crippen LogP contribution in [0.2, 0.25) is 5.02 Å². The third kappa shape index (κ3) is 3.31. The molecule has 0 aliphatic carbocycles. The van der Waals surface area contributed by atoms with Crippen LogP contribution in [0.3, 0.4) is 0 Å². The highest BCUT2D eigenvalue weighted by molar-refractivity contribution is 7.90. The van der Waals surface area contributed by atoms with Crippen molar-refractivity contribution in [3.05, 3.63) is 28.8 Å².